The first-order valence-electron chi connectivity index (χ1n) is 8.98. The van der Waals surface area contributed by atoms with Crippen LogP contribution in [0.25, 0.3) is 0 Å². The highest BCUT2D eigenvalue weighted by Crippen LogP contribution is 2.20. The van der Waals surface area contributed by atoms with Crippen LogP contribution in [0.1, 0.15) is 35.5 Å². The fraction of sp³-hybridized carbons (Fsp3) is 0.400. The maximum atomic E-state index is 11.4. The highest BCUT2D eigenvalue weighted by molar-refractivity contribution is 5.92. The molecule has 0 saturated carbocycles. The molecule has 2 N–H and O–H groups in total. The van der Waals surface area contributed by atoms with Crippen LogP contribution < -0.4 is 5.48 Å². The predicted molar refractivity (Wildman–Crippen MR) is 99.7 cm³/mol. The molecule has 6 nitrogen and oxygen atoms in total. The summed E-state index contributed by atoms with van der Waals surface area (Å²) in [4.78, 5) is 20.7. The van der Waals surface area contributed by atoms with Crippen LogP contribution in [0.15, 0.2) is 48.7 Å². The Bertz CT molecular complexity index is 708. The lowest BCUT2D eigenvalue weighted by molar-refractivity contribution is 0.0281. The number of hydrogen-bond donors (Lipinski definition) is 2. The van der Waals surface area contributed by atoms with Crippen LogP contribution in [0.3, 0.4) is 0 Å². The van der Waals surface area contributed by atoms with Crippen molar-refractivity contribution in [2.24, 2.45) is 0 Å². The largest absolute Gasteiger partial charge is 0.296 e. The minimum Gasteiger partial charge on any atom is -0.296 e. The van der Waals surface area contributed by atoms with Crippen LogP contribution in [0.2, 0.25) is 0 Å². The second-order valence-electron chi connectivity index (χ2n) is 7.03. The number of aromatic nitrogens is 1. The Labute approximate surface area is 154 Å². The van der Waals surface area contributed by atoms with Gasteiger partial charge in [-0.3, -0.25) is 24.8 Å². The first-order valence-corrected chi connectivity index (χ1v) is 8.98. The number of hydroxylamine groups is 1. The minimum absolute atomic E-state index is 0.352. The number of rotatable bonds is 5. The summed E-state index contributed by atoms with van der Waals surface area (Å²) in [6, 6.07) is 15.0. The third kappa shape index (κ3) is 4.46. The van der Waals surface area contributed by atoms with Gasteiger partial charge >= 0.3 is 0 Å². The topological polar surface area (TPSA) is 68.7 Å². The Morgan fingerprint density at radius 3 is 2.38 bits per heavy atom. The van der Waals surface area contributed by atoms with Gasteiger partial charge in [0.1, 0.15) is 0 Å². The second kappa shape index (κ2) is 8.40. The molecule has 138 valence electrons. The summed E-state index contributed by atoms with van der Waals surface area (Å²) in [6.45, 7) is 8.27. The van der Waals surface area contributed by atoms with E-state index in [1.54, 1.807) is 11.5 Å². The molecule has 1 aliphatic rings. The molecule has 0 spiro atoms. The second-order valence-corrected chi connectivity index (χ2v) is 7.03. The zero-order chi connectivity index (χ0) is 18.5. The van der Waals surface area contributed by atoms with Crippen LogP contribution in [-0.4, -0.2) is 51.1 Å². The number of piperazine rings is 1. The highest BCUT2D eigenvalue weighted by atomic mass is 16.5. The van der Waals surface area contributed by atoms with Gasteiger partial charge in [-0.05, 0) is 31.5 Å². The molecule has 1 saturated heterocycles. The molecule has 0 radical (unpaired) electrons. The zero-order valence-electron chi connectivity index (χ0n) is 15.3. The number of amides is 1. The smallest absolute Gasteiger partial charge is 0.276 e. The fourth-order valence-corrected chi connectivity index (χ4v) is 3.65. The van der Waals surface area contributed by atoms with Gasteiger partial charge in [-0.25, -0.2) is 5.48 Å². The van der Waals surface area contributed by atoms with Gasteiger partial charge in [-0.1, -0.05) is 30.3 Å². The van der Waals surface area contributed by atoms with E-state index < -0.39 is 5.91 Å². The molecule has 1 amide bonds. The van der Waals surface area contributed by atoms with E-state index in [9.17, 15) is 4.79 Å². The molecule has 6 heteroatoms. The van der Waals surface area contributed by atoms with Gasteiger partial charge in [0.05, 0.1) is 11.3 Å². The molecular formula is C20H26N4O2. The molecular weight excluding hydrogens is 328 g/mol. The molecule has 2 atom stereocenters. The molecule has 2 heterocycles. The lowest BCUT2D eigenvalue weighted by Gasteiger charge is -2.44. The van der Waals surface area contributed by atoms with E-state index in [0.717, 1.165) is 31.9 Å². The Kier molecular flexibility index (Phi) is 5.98. The first-order chi connectivity index (χ1) is 12.6. The van der Waals surface area contributed by atoms with Crippen molar-refractivity contribution in [3.05, 3.63) is 65.5 Å². The van der Waals surface area contributed by atoms with Crippen LogP contribution in [0.5, 0.6) is 0 Å². The van der Waals surface area contributed by atoms with Crippen molar-refractivity contribution in [3.8, 4) is 0 Å². The predicted octanol–water partition coefficient (Wildman–Crippen LogP) is 2.30. The third-order valence-corrected chi connectivity index (χ3v) is 4.96. The van der Waals surface area contributed by atoms with Gasteiger partial charge in [-0.15, -0.1) is 0 Å². The summed E-state index contributed by atoms with van der Waals surface area (Å²) >= 11 is 0. The Morgan fingerprint density at radius 1 is 1.12 bits per heavy atom. The Balaban J connectivity index is 1.60. The standard InChI is InChI=1S/C20H26N4O2/c1-15-11-23(13-17-6-4-3-5-7-17)12-16(2)24(15)14-19-9-8-18(10-21-19)20(25)22-26/h3-10,15-16,26H,11-14H2,1-2H3,(H,22,25)/t15-,16+. The Morgan fingerprint density at radius 2 is 1.81 bits per heavy atom. The molecule has 26 heavy (non-hydrogen) atoms. The molecule has 1 aromatic heterocycles. The summed E-state index contributed by atoms with van der Waals surface area (Å²) in [5, 5.41) is 8.68. The van der Waals surface area contributed by atoms with Crippen LogP contribution in [0, 0.1) is 0 Å². The number of carbonyl (C=O) groups excluding carboxylic acids is 1. The summed E-state index contributed by atoms with van der Waals surface area (Å²) in [5.41, 5.74) is 4.25. The van der Waals surface area contributed by atoms with Crippen molar-refractivity contribution in [2.75, 3.05) is 13.1 Å². The maximum absolute atomic E-state index is 11.4. The first kappa shape index (κ1) is 18.5. The van der Waals surface area contributed by atoms with Crippen molar-refractivity contribution in [1.82, 2.24) is 20.3 Å². The number of nitrogens with one attached hydrogen (secondary N) is 1. The van der Waals surface area contributed by atoms with E-state index in [4.69, 9.17) is 5.21 Å². The van der Waals surface area contributed by atoms with Gasteiger partial charge < -0.3 is 0 Å². The van der Waals surface area contributed by atoms with E-state index in [2.05, 4.69) is 59.0 Å². The summed E-state index contributed by atoms with van der Waals surface area (Å²) < 4.78 is 0. The van der Waals surface area contributed by atoms with E-state index in [-0.39, 0.29) is 0 Å². The summed E-state index contributed by atoms with van der Waals surface area (Å²) in [5.74, 6) is -0.541. The average molecular weight is 354 g/mol. The highest BCUT2D eigenvalue weighted by Gasteiger charge is 2.29. The van der Waals surface area contributed by atoms with Gasteiger partial charge in [0.25, 0.3) is 5.91 Å². The summed E-state index contributed by atoms with van der Waals surface area (Å²) in [6.07, 6.45) is 1.50. The fourth-order valence-electron chi connectivity index (χ4n) is 3.65. The van der Waals surface area contributed by atoms with E-state index in [1.165, 1.54) is 11.8 Å². The Hall–Kier alpha value is -2.28. The van der Waals surface area contributed by atoms with E-state index in [1.807, 2.05) is 6.07 Å². The molecule has 1 fully saturated rings. The molecule has 1 aliphatic heterocycles. The SMILES string of the molecule is C[C@@H]1CN(Cc2ccccc2)C[C@H](C)N1Cc1ccc(C(=O)NO)cn1. The number of pyridine rings is 1. The van der Waals surface area contributed by atoms with Crippen LogP contribution in [0.4, 0.5) is 0 Å². The van der Waals surface area contributed by atoms with Crippen LogP contribution in [-0.2, 0) is 13.1 Å². The van der Waals surface area contributed by atoms with Gasteiger partial charge in [0, 0.05) is 44.5 Å². The van der Waals surface area contributed by atoms with Gasteiger partial charge in [0.15, 0.2) is 0 Å². The average Bonchev–Trinajstić information content (AvgIpc) is 2.65. The number of nitrogens with zero attached hydrogens (tertiary/aromatic N) is 3. The van der Waals surface area contributed by atoms with E-state index in [0.29, 0.717) is 17.6 Å². The third-order valence-electron chi connectivity index (χ3n) is 4.96. The van der Waals surface area contributed by atoms with Crippen molar-refractivity contribution >= 4 is 5.91 Å². The molecule has 1 aromatic carbocycles. The number of benzene rings is 1. The molecule has 0 aliphatic carbocycles. The summed E-state index contributed by atoms with van der Waals surface area (Å²) in [7, 11) is 0. The van der Waals surface area contributed by atoms with Crippen molar-refractivity contribution in [2.45, 2.75) is 39.0 Å². The molecule has 2 aromatic rings. The number of hydrogen-bond acceptors (Lipinski definition) is 5. The minimum atomic E-state index is -0.541. The maximum Gasteiger partial charge on any atom is 0.276 e. The molecule has 3 rings (SSSR count). The quantitative estimate of drug-likeness (QED) is 0.637. The van der Waals surface area contributed by atoms with Crippen molar-refractivity contribution in [3.63, 3.8) is 0 Å². The van der Waals surface area contributed by atoms with Crippen LogP contribution >= 0.6 is 0 Å². The normalized spacial score (nSPS) is 21.5. The van der Waals surface area contributed by atoms with E-state index >= 15 is 0 Å². The van der Waals surface area contributed by atoms with Gasteiger partial charge in [-0.2, -0.15) is 0 Å². The monoisotopic (exact) mass is 354 g/mol. The lowest BCUT2D eigenvalue weighted by atomic mass is 10.1. The zero-order valence-corrected chi connectivity index (χ0v) is 15.3. The van der Waals surface area contributed by atoms with Crippen molar-refractivity contribution in [1.29, 1.82) is 0 Å². The lowest BCUT2D eigenvalue weighted by Crippen LogP contribution is -2.55. The van der Waals surface area contributed by atoms with Gasteiger partial charge in [0.2, 0.25) is 0 Å². The van der Waals surface area contributed by atoms with Crippen molar-refractivity contribution < 1.29 is 10.0 Å². The molecule has 0 bridgehead atoms. The molecule has 0 unspecified atom stereocenters. The number of carbonyl (C=O) groups is 1.